The van der Waals surface area contributed by atoms with Crippen molar-refractivity contribution in [1.29, 1.82) is 0 Å². The predicted octanol–water partition coefficient (Wildman–Crippen LogP) is 2.43. The smallest absolute Gasteiger partial charge is 0.141 e. The van der Waals surface area contributed by atoms with Crippen molar-refractivity contribution in [2.75, 3.05) is 0 Å². The molecule has 0 N–H and O–H groups in total. The fourth-order valence-corrected chi connectivity index (χ4v) is 2.70. The van der Waals surface area contributed by atoms with Crippen molar-refractivity contribution in [2.45, 2.75) is 33.1 Å². The Kier molecular flexibility index (Phi) is 2.04. The van der Waals surface area contributed by atoms with Gasteiger partial charge in [-0.25, -0.2) is 0 Å². The van der Waals surface area contributed by atoms with Crippen LogP contribution in [0.3, 0.4) is 0 Å². The van der Waals surface area contributed by atoms with Gasteiger partial charge in [-0.15, -0.1) is 12.4 Å². The van der Waals surface area contributed by atoms with Crippen LogP contribution in [0.1, 0.15) is 33.1 Å². The number of hydrogen-bond donors (Lipinski definition) is 0. The second-order valence-electron chi connectivity index (χ2n) is 4.22. The lowest BCUT2D eigenvalue weighted by molar-refractivity contribution is -0.129. The Labute approximate surface area is 74.0 Å². The van der Waals surface area contributed by atoms with Crippen molar-refractivity contribution in [3.05, 3.63) is 0 Å². The van der Waals surface area contributed by atoms with E-state index < -0.39 is 0 Å². The van der Waals surface area contributed by atoms with E-state index in [-0.39, 0.29) is 17.8 Å². The first-order valence-electron chi connectivity index (χ1n) is 4.18. The second-order valence-corrected chi connectivity index (χ2v) is 4.22. The lowest BCUT2D eigenvalue weighted by atomic mass is 9.81. The summed E-state index contributed by atoms with van der Waals surface area (Å²) in [5.41, 5.74) is 0.101. The van der Waals surface area contributed by atoms with E-state index in [9.17, 15) is 4.79 Å². The Morgan fingerprint density at radius 3 is 2.45 bits per heavy atom. The van der Waals surface area contributed by atoms with Gasteiger partial charge in [0, 0.05) is 11.3 Å². The molecule has 2 aliphatic carbocycles. The maximum Gasteiger partial charge on any atom is 0.141 e. The molecule has 2 fully saturated rings. The van der Waals surface area contributed by atoms with E-state index in [2.05, 4.69) is 13.8 Å². The van der Waals surface area contributed by atoms with Crippen molar-refractivity contribution >= 4 is 18.2 Å². The summed E-state index contributed by atoms with van der Waals surface area (Å²) in [7, 11) is 0. The van der Waals surface area contributed by atoms with Crippen LogP contribution in [0.5, 0.6) is 0 Å². The zero-order valence-electron chi connectivity index (χ0n) is 7.09. The first-order chi connectivity index (χ1) is 4.63. The van der Waals surface area contributed by atoms with Crippen LogP contribution in [-0.2, 0) is 4.79 Å². The molecule has 11 heavy (non-hydrogen) atoms. The highest BCUT2D eigenvalue weighted by molar-refractivity contribution is 5.89. The molecule has 64 valence electrons. The van der Waals surface area contributed by atoms with Crippen molar-refractivity contribution in [2.24, 2.45) is 17.3 Å². The normalized spacial score (nSPS) is 47.6. The number of carbonyl (C=O) groups excluding carboxylic acids is 1. The van der Waals surface area contributed by atoms with E-state index in [0.717, 1.165) is 12.3 Å². The molecule has 2 aliphatic rings. The molecule has 0 aromatic rings. The minimum atomic E-state index is 0. The van der Waals surface area contributed by atoms with E-state index in [1.54, 1.807) is 0 Å². The fraction of sp³-hybridized carbons (Fsp3) is 0.889. The van der Waals surface area contributed by atoms with Crippen molar-refractivity contribution in [3.8, 4) is 0 Å². The highest BCUT2D eigenvalue weighted by atomic mass is 35.5. The Balaban J connectivity index is 0.000000605. The first kappa shape index (κ1) is 9.05. The summed E-state index contributed by atoms with van der Waals surface area (Å²) in [5.74, 6) is 1.64. The number of rotatable bonds is 0. The summed E-state index contributed by atoms with van der Waals surface area (Å²) in [5, 5.41) is 0. The van der Waals surface area contributed by atoms with Gasteiger partial charge in [0.2, 0.25) is 0 Å². The van der Waals surface area contributed by atoms with E-state index >= 15 is 0 Å². The van der Waals surface area contributed by atoms with Crippen LogP contribution < -0.4 is 0 Å². The third-order valence-electron chi connectivity index (χ3n) is 3.50. The number of ketones is 1. The summed E-state index contributed by atoms with van der Waals surface area (Å²) in [6, 6.07) is 0. The van der Waals surface area contributed by atoms with Crippen molar-refractivity contribution in [1.82, 2.24) is 0 Å². The minimum Gasteiger partial charge on any atom is -0.299 e. The number of hydrogen-bond acceptors (Lipinski definition) is 1. The molecule has 0 heterocycles. The van der Waals surface area contributed by atoms with Gasteiger partial charge in [0.25, 0.3) is 0 Å². The second kappa shape index (κ2) is 2.48. The Morgan fingerprint density at radius 2 is 2.18 bits per heavy atom. The van der Waals surface area contributed by atoms with Crippen molar-refractivity contribution in [3.63, 3.8) is 0 Å². The summed E-state index contributed by atoms with van der Waals surface area (Å²) >= 11 is 0. The molecule has 1 nitrogen and oxygen atoms in total. The Morgan fingerprint density at radius 1 is 1.55 bits per heavy atom. The van der Waals surface area contributed by atoms with E-state index in [0.29, 0.717) is 11.7 Å². The third kappa shape index (κ3) is 1.01. The molecule has 0 spiro atoms. The molecule has 3 unspecified atom stereocenters. The molecular formula is C9H15ClO. The van der Waals surface area contributed by atoms with E-state index in [1.165, 1.54) is 12.8 Å². The molecule has 2 heteroatoms. The monoisotopic (exact) mass is 174 g/mol. The molecule has 0 amide bonds. The Bertz CT molecular complexity index is 190. The third-order valence-corrected chi connectivity index (χ3v) is 3.50. The summed E-state index contributed by atoms with van der Waals surface area (Å²) < 4.78 is 0. The molecule has 0 aromatic heterocycles. The van der Waals surface area contributed by atoms with Gasteiger partial charge >= 0.3 is 0 Å². The topological polar surface area (TPSA) is 17.1 Å². The molecule has 2 bridgehead atoms. The maximum atomic E-state index is 11.5. The average molecular weight is 175 g/mol. The van der Waals surface area contributed by atoms with Gasteiger partial charge in [0.1, 0.15) is 5.78 Å². The van der Waals surface area contributed by atoms with Crippen LogP contribution in [0.15, 0.2) is 0 Å². The van der Waals surface area contributed by atoms with Crippen LogP contribution in [-0.4, -0.2) is 5.78 Å². The van der Waals surface area contributed by atoms with Crippen molar-refractivity contribution < 1.29 is 4.79 Å². The van der Waals surface area contributed by atoms with Crippen LogP contribution in [0, 0.1) is 17.3 Å². The largest absolute Gasteiger partial charge is 0.299 e. The fourth-order valence-electron chi connectivity index (χ4n) is 2.70. The van der Waals surface area contributed by atoms with Gasteiger partial charge in [-0.1, -0.05) is 13.8 Å². The van der Waals surface area contributed by atoms with Gasteiger partial charge in [-0.2, -0.15) is 0 Å². The molecule has 0 aromatic carbocycles. The van der Waals surface area contributed by atoms with Gasteiger partial charge < -0.3 is 0 Å². The van der Waals surface area contributed by atoms with Gasteiger partial charge in [0.05, 0.1) is 0 Å². The van der Waals surface area contributed by atoms with Crippen LogP contribution >= 0.6 is 12.4 Å². The van der Waals surface area contributed by atoms with Crippen LogP contribution in [0.4, 0.5) is 0 Å². The maximum absolute atomic E-state index is 11.5. The van der Waals surface area contributed by atoms with Crippen LogP contribution in [0.25, 0.3) is 0 Å². The highest BCUT2D eigenvalue weighted by Gasteiger charge is 2.52. The zero-order valence-corrected chi connectivity index (χ0v) is 7.91. The molecule has 0 aliphatic heterocycles. The number of halogens is 1. The predicted molar refractivity (Wildman–Crippen MR) is 46.9 cm³/mol. The summed E-state index contributed by atoms with van der Waals surface area (Å²) in [6.07, 6.45) is 3.62. The van der Waals surface area contributed by atoms with E-state index in [4.69, 9.17) is 0 Å². The molecule has 2 rings (SSSR count). The quantitative estimate of drug-likeness (QED) is 0.552. The summed E-state index contributed by atoms with van der Waals surface area (Å²) in [6.45, 7) is 4.23. The lowest BCUT2D eigenvalue weighted by Crippen LogP contribution is -2.26. The van der Waals surface area contributed by atoms with Gasteiger partial charge in [0.15, 0.2) is 0 Å². The van der Waals surface area contributed by atoms with Crippen LogP contribution in [0.2, 0.25) is 0 Å². The molecular weight excluding hydrogens is 160 g/mol. The summed E-state index contributed by atoms with van der Waals surface area (Å²) in [4.78, 5) is 11.5. The Hall–Kier alpha value is -0.0400. The number of fused-ring (bicyclic) bond motifs is 2. The standard InChI is InChI=1S/C9H14O.ClH/c1-6-7-3-4-9(2,5-7)8(6)10;/h6-7H,3-5H2,1-2H3;1H. The van der Waals surface area contributed by atoms with E-state index in [1.807, 2.05) is 0 Å². The number of Topliss-reactive ketones (excluding diaryl/α,β-unsaturated/α-hetero) is 1. The number of carbonyl (C=O) groups is 1. The SMILES string of the molecule is CC1C(=O)C2(C)CCC1C2.Cl. The molecule has 3 atom stereocenters. The van der Waals surface area contributed by atoms with Gasteiger partial charge in [-0.05, 0) is 25.2 Å². The van der Waals surface area contributed by atoms with Gasteiger partial charge in [-0.3, -0.25) is 4.79 Å². The molecule has 0 radical (unpaired) electrons. The zero-order chi connectivity index (χ0) is 7.35. The lowest BCUT2D eigenvalue weighted by Gasteiger charge is -2.22. The molecule has 0 saturated heterocycles. The minimum absolute atomic E-state index is 0. The first-order valence-corrected chi connectivity index (χ1v) is 4.18. The molecule has 2 saturated carbocycles. The average Bonchev–Trinajstić information content (AvgIpc) is 2.35. The highest BCUT2D eigenvalue weighted by Crippen LogP contribution is 2.53.